The number of carbonyl (C=O) groups excluding carboxylic acids is 1. The third-order valence-corrected chi connectivity index (χ3v) is 5.92. The Morgan fingerprint density at radius 3 is 2.62 bits per heavy atom. The number of carbonyl (C=O) groups is 1. The number of aromatic nitrogens is 3. The zero-order valence-corrected chi connectivity index (χ0v) is 16.8. The van der Waals surface area contributed by atoms with Gasteiger partial charge in [-0.25, -0.2) is 15.0 Å². The van der Waals surface area contributed by atoms with Crippen LogP contribution in [0.2, 0.25) is 0 Å². The molecule has 0 N–H and O–H groups in total. The second-order valence-corrected chi connectivity index (χ2v) is 7.88. The maximum atomic E-state index is 13.1. The highest BCUT2D eigenvalue weighted by Crippen LogP contribution is 2.30. The first kappa shape index (κ1) is 18.2. The summed E-state index contributed by atoms with van der Waals surface area (Å²) in [5.74, 6) is 2.04. The van der Waals surface area contributed by atoms with Crippen LogP contribution < -0.4 is 0 Å². The van der Waals surface area contributed by atoms with Gasteiger partial charge in [-0.2, -0.15) is 0 Å². The number of amides is 1. The van der Waals surface area contributed by atoms with Gasteiger partial charge in [-0.15, -0.1) is 0 Å². The normalized spacial score (nSPS) is 17.5. The van der Waals surface area contributed by atoms with Gasteiger partial charge >= 0.3 is 0 Å². The molecular weight excluding hydrogens is 368 g/mol. The number of hydrogen-bond donors (Lipinski definition) is 0. The molecule has 0 bridgehead atoms. The summed E-state index contributed by atoms with van der Waals surface area (Å²) in [5, 5.41) is 0. The quantitative estimate of drug-likeness (QED) is 0.665. The molecule has 0 aliphatic carbocycles. The first-order chi connectivity index (χ1) is 14.1. The van der Waals surface area contributed by atoms with E-state index in [1.165, 1.54) is 0 Å². The van der Waals surface area contributed by atoms with Crippen molar-refractivity contribution < 1.29 is 13.9 Å². The summed E-state index contributed by atoms with van der Waals surface area (Å²) >= 11 is 0. The number of hydrogen-bond acceptors (Lipinski definition) is 6. The minimum atomic E-state index is -0.00630. The van der Waals surface area contributed by atoms with Crippen molar-refractivity contribution >= 4 is 16.9 Å². The van der Waals surface area contributed by atoms with E-state index in [1.807, 2.05) is 36.9 Å². The number of ether oxygens (including phenoxy) is 1. The number of nitrogens with zero attached hydrogens (tertiary/aromatic N) is 4. The first-order valence-corrected chi connectivity index (χ1v) is 10.2. The zero-order valence-electron chi connectivity index (χ0n) is 16.8. The Morgan fingerprint density at radius 1 is 1.07 bits per heavy atom. The largest absolute Gasteiger partial charge is 0.445 e. The van der Waals surface area contributed by atoms with Crippen molar-refractivity contribution in [2.45, 2.75) is 45.6 Å². The van der Waals surface area contributed by atoms with Gasteiger partial charge in [-0.3, -0.25) is 4.79 Å². The van der Waals surface area contributed by atoms with Crippen molar-refractivity contribution in [3.8, 4) is 0 Å². The standard InChI is InChI=1S/C22H24N4O3/c1-13-14(2)24-18-11-16(3-4-17(18)23-13)22(27)26-8-5-20-19(12-26)25-21(29-20)15-6-9-28-10-7-15/h3-4,11,15H,5-10,12H2,1-2H3. The van der Waals surface area contributed by atoms with Gasteiger partial charge in [0, 0.05) is 37.7 Å². The lowest BCUT2D eigenvalue weighted by molar-refractivity contribution is 0.0726. The number of benzene rings is 1. The summed E-state index contributed by atoms with van der Waals surface area (Å²) in [7, 11) is 0. The van der Waals surface area contributed by atoms with Crippen LogP contribution in [-0.4, -0.2) is 45.5 Å². The highest BCUT2D eigenvalue weighted by Gasteiger charge is 2.29. The molecule has 4 heterocycles. The monoisotopic (exact) mass is 392 g/mol. The Morgan fingerprint density at radius 2 is 1.83 bits per heavy atom. The van der Waals surface area contributed by atoms with Crippen LogP contribution in [0.15, 0.2) is 22.6 Å². The molecule has 150 valence electrons. The van der Waals surface area contributed by atoms with Crippen molar-refractivity contribution in [1.29, 1.82) is 0 Å². The van der Waals surface area contributed by atoms with Gasteiger partial charge in [0.05, 0.1) is 29.0 Å². The molecule has 5 rings (SSSR count). The minimum Gasteiger partial charge on any atom is -0.445 e. The van der Waals surface area contributed by atoms with E-state index in [2.05, 4.69) is 9.97 Å². The van der Waals surface area contributed by atoms with Gasteiger partial charge in [0.1, 0.15) is 11.5 Å². The van der Waals surface area contributed by atoms with Crippen LogP contribution in [0.4, 0.5) is 0 Å². The predicted octanol–water partition coefficient (Wildman–Crippen LogP) is 3.33. The molecule has 2 aliphatic rings. The molecule has 29 heavy (non-hydrogen) atoms. The van der Waals surface area contributed by atoms with Crippen molar-refractivity contribution in [2.24, 2.45) is 0 Å². The summed E-state index contributed by atoms with van der Waals surface area (Å²) in [6, 6.07) is 5.54. The van der Waals surface area contributed by atoms with E-state index in [4.69, 9.17) is 14.1 Å². The number of aryl methyl sites for hydroxylation is 2. The van der Waals surface area contributed by atoms with Crippen molar-refractivity contribution in [1.82, 2.24) is 19.9 Å². The van der Waals surface area contributed by atoms with Crippen molar-refractivity contribution in [3.05, 3.63) is 52.5 Å². The predicted molar refractivity (Wildman–Crippen MR) is 107 cm³/mol. The molecule has 0 spiro atoms. The van der Waals surface area contributed by atoms with E-state index in [0.29, 0.717) is 31.0 Å². The highest BCUT2D eigenvalue weighted by molar-refractivity contribution is 5.97. The number of fused-ring (bicyclic) bond motifs is 2. The highest BCUT2D eigenvalue weighted by atomic mass is 16.5. The molecule has 7 nitrogen and oxygen atoms in total. The molecule has 0 atom stereocenters. The number of rotatable bonds is 2. The van der Waals surface area contributed by atoms with Crippen LogP contribution in [0.5, 0.6) is 0 Å². The Kier molecular flexibility index (Phi) is 4.54. The van der Waals surface area contributed by atoms with Crippen LogP contribution in [0.3, 0.4) is 0 Å². The minimum absolute atomic E-state index is 0.00630. The fourth-order valence-electron chi connectivity index (χ4n) is 4.06. The summed E-state index contributed by atoms with van der Waals surface area (Å²) in [4.78, 5) is 28.8. The molecule has 0 saturated carbocycles. The molecule has 1 fully saturated rings. The summed E-state index contributed by atoms with van der Waals surface area (Å²) in [6.45, 7) is 6.50. The molecule has 2 aliphatic heterocycles. The van der Waals surface area contributed by atoms with E-state index in [0.717, 1.165) is 65.8 Å². The Bertz CT molecular complexity index is 1090. The van der Waals surface area contributed by atoms with E-state index >= 15 is 0 Å². The van der Waals surface area contributed by atoms with Gasteiger partial charge in [-0.1, -0.05) is 0 Å². The third-order valence-electron chi connectivity index (χ3n) is 5.92. The summed E-state index contributed by atoms with van der Waals surface area (Å²) < 4.78 is 11.5. The molecule has 0 unspecified atom stereocenters. The van der Waals surface area contributed by atoms with E-state index in [-0.39, 0.29) is 5.91 Å². The number of oxazole rings is 1. The zero-order chi connectivity index (χ0) is 20.0. The lowest BCUT2D eigenvalue weighted by Gasteiger charge is -2.25. The summed E-state index contributed by atoms with van der Waals surface area (Å²) in [6.07, 6.45) is 2.58. The average molecular weight is 392 g/mol. The molecule has 1 amide bonds. The van der Waals surface area contributed by atoms with Crippen molar-refractivity contribution in [2.75, 3.05) is 19.8 Å². The molecule has 1 saturated heterocycles. The lowest BCUT2D eigenvalue weighted by atomic mass is 10.0. The van der Waals surface area contributed by atoms with Crippen LogP contribution in [-0.2, 0) is 17.7 Å². The van der Waals surface area contributed by atoms with Crippen molar-refractivity contribution in [3.63, 3.8) is 0 Å². The second-order valence-electron chi connectivity index (χ2n) is 7.88. The second kappa shape index (κ2) is 7.22. The lowest BCUT2D eigenvalue weighted by Crippen LogP contribution is -2.35. The van der Waals surface area contributed by atoms with E-state index in [9.17, 15) is 4.79 Å². The Balaban J connectivity index is 1.37. The third kappa shape index (κ3) is 3.40. The molecule has 3 aromatic rings. The van der Waals surface area contributed by atoms with Gasteiger partial charge in [0.2, 0.25) is 0 Å². The Hall–Kier alpha value is -2.80. The van der Waals surface area contributed by atoms with E-state index in [1.54, 1.807) is 0 Å². The summed E-state index contributed by atoms with van der Waals surface area (Å²) in [5.41, 5.74) is 4.87. The topological polar surface area (TPSA) is 81.4 Å². The molecule has 7 heteroatoms. The van der Waals surface area contributed by atoms with Crippen LogP contribution in [0.25, 0.3) is 11.0 Å². The first-order valence-electron chi connectivity index (χ1n) is 10.2. The van der Waals surface area contributed by atoms with Gasteiger partial charge in [-0.05, 0) is 44.9 Å². The Labute approximate surface area is 169 Å². The molecule has 2 aromatic heterocycles. The van der Waals surface area contributed by atoms with Crippen LogP contribution in [0, 0.1) is 13.8 Å². The SMILES string of the molecule is Cc1nc2ccc(C(=O)N3CCc4oc(C5CCOCC5)nc4C3)cc2nc1C. The van der Waals surface area contributed by atoms with Gasteiger partial charge in [0.15, 0.2) is 5.89 Å². The van der Waals surface area contributed by atoms with Gasteiger partial charge < -0.3 is 14.1 Å². The average Bonchev–Trinajstić information content (AvgIpc) is 3.18. The fraction of sp³-hybridized carbons (Fsp3) is 0.455. The van der Waals surface area contributed by atoms with E-state index < -0.39 is 0 Å². The maximum Gasteiger partial charge on any atom is 0.254 e. The smallest absolute Gasteiger partial charge is 0.254 e. The molecular formula is C22H24N4O3. The van der Waals surface area contributed by atoms with Crippen LogP contribution in [0.1, 0.15) is 57.9 Å². The van der Waals surface area contributed by atoms with Crippen LogP contribution >= 0.6 is 0 Å². The molecule has 0 radical (unpaired) electrons. The maximum absolute atomic E-state index is 13.1. The van der Waals surface area contributed by atoms with Gasteiger partial charge in [0.25, 0.3) is 5.91 Å². The fourth-order valence-corrected chi connectivity index (χ4v) is 4.06. The molecule has 1 aromatic carbocycles.